The lowest BCUT2D eigenvalue weighted by Crippen LogP contribution is -2.14. The van der Waals surface area contributed by atoms with E-state index in [1.165, 1.54) is 13.0 Å². The smallest absolute Gasteiger partial charge is 0.340 e. The van der Waals surface area contributed by atoms with Crippen molar-refractivity contribution < 1.29 is 19.2 Å². The van der Waals surface area contributed by atoms with Crippen LogP contribution in [0.25, 0.3) is 6.08 Å². The molecule has 106 valence electrons. The van der Waals surface area contributed by atoms with Gasteiger partial charge in [-0.25, -0.2) is 4.79 Å². The third-order valence-electron chi connectivity index (χ3n) is 2.32. The van der Waals surface area contributed by atoms with Gasteiger partial charge < -0.3 is 10.1 Å². The Morgan fingerprint density at radius 1 is 1.35 bits per heavy atom. The highest BCUT2D eigenvalue weighted by molar-refractivity contribution is 5.94. The van der Waals surface area contributed by atoms with Crippen molar-refractivity contribution in [3.63, 3.8) is 0 Å². The molecule has 1 aromatic rings. The van der Waals surface area contributed by atoms with Crippen molar-refractivity contribution in [2.75, 3.05) is 19.0 Å². The average molecular weight is 278 g/mol. The molecule has 0 saturated heterocycles. The maximum absolute atomic E-state index is 11.4. The second-order valence-corrected chi connectivity index (χ2v) is 3.96. The van der Waals surface area contributed by atoms with E-state index >= 15 is 0 Å². The number of nitro groups is 1. The minimum Gasteiger partial charge on any atom is -0.465 e. The lowest BCUT2D eigenvalue weighted by Gasteiger charge is -2.03. The first-order chi connectivity index (χ1) is 9.42. The Morgan fingerprint density at radius 3 is 2.40 bits per heavy atom. The number of benzene rings is 1. The van der Waals surface area contributed by atoms with Crippen LogP contribution in [0.1, 0.15) is 12.5 Å². The molecule has 0 atom stereocenters. The monoisotopic (exact) mass is 278 g/mol. The zero-order valence-corrected chi connectivity index (χ0v) is 11.1. The highest BCUT2D eigenvalue weighted by Gasteiger charge is 2.15. The Balaban J connectivity index is 2.95. The summed E-state index contributed by atoms with van der Waals surface area (Å²) < 4.78 is 4.49. The number of carbonyl (C=O) groups excluding carboxylic acids is 2. The first-order valence-electron chi connectivity index (χ1n) is 5.70. The van der Waals surface area contributed by atoms with Gasteiger partial charge in [-0.15, -0.1) is 0 Å². The van der Waals surface area contributed by atoms with Crippen molar-refractivity contribution in [3.05, 3.63) is 45.5 Å². The Kier molecular flexibility index (Phi) is 5.40. The highest BCUT2D eigenvalue weighted by atomic mass is 16.6. The molecule has 0 radical (unpaired) electrons. The molecule has 0 aliphatic rings. The van der Waals surface area contributed by atoms with Crippen LogP contribution in [0.4, 0.5) is 5.69 Å². The van der Waals surface area contributed by atoms with Gasteiger partial charge in [0.2, 0.25) is 12.5 Å². The van der Waals surface area contributed by atoms with E-state index in [2.05, 4.69) is 10.1 Å². The molecule has 0 aliphatic heterocycles. The summed E-state index contributed by atoms with van der Waals surface area (Å²) in [5, 5.41) is 13.1. The standard InChI is InChI=1S/C13H14N2O5/c1-9(16)14-12-5-3-10(4-6-12)7-11(8-15(18)19)13(17)20-2/h3-7H,8H2,1-2H3,(H,14,16)/b11-7+. The van der Waals surface area contributed by atoms with Crippen LogP contribution in [0.5, 0.6) is 0 Å². The SMILES string of the molecule is COC(=O)/C(=C/c1ccc(NC(C)=O)cc1)C[N+](=O)[O-]. The van der Waals surface area contributed by atoms with Gasteiger partial charge in [0.15, 0.2) is 0 Å². The number of carbonyl (C=O) groups is 2. The number of anilines is 1. The van der Waals surface area contributed by atoms with Gasteiger partial charge in [-0.1, -0.05) is 12.1 Å². The van der Waals surface area contributed by atoms with Gasteiger partial charge in [0.05, 0.1) is 7.11 Å². The number of nitrogens with one attached hydrogen (secondary N) is 1. The minimum absolute atomic E-state index is 0.0511. The number of amides is 1. The number of methoxy groups -OCH3 is 1. The van der Waals surface area contributed by atoms with Crippen LogP contribution in [0, 0.1) is 10.1 Å². The molecule has 0 aromatic heterocycles. The molecule has 7 nitrogen and oxygen atoms in total. The fraction of sp³-hybridized carbons (Fsp3) is 0.231. The van der Waals surface area contributed by atoms with Gasteiger partial charge in [-0.3, -0.25) is 14.9 Å². The van der Waals surface area contributed by atoms with Gasteiger partial charge in [0.25, 0.3) is 0 Å². The highest BCUT2D eigenvalue weighted by Crippen LogP contribution is 2.13. The number of esters is 1. The summed E-state index contributed by atoms with van der Waals surface area (Å²) >= 11 is 0. The molecule has 0 saturated carbocycles. The lowest BCUT2D eigenvalue weighted by atomic mass is 10.1. The van der Waals surface area contributed by atoms with Crippen LogP contribution in [0.15, 0.2) is 29.8 Å². The molecule has 0 unspecified atom stereocenters. The number of nitrogens with zero attached hydrogens (tertiary/aromatic N) is 1. The summed E-state index contributed by atoms with van der Waals surface area (Å²) in [4.78, 5) is 32.2. The fourth-order valence-corrected chi connectivity index (χ4v) is 1.51. The van der Waals surface area contributed by atoms with Gasteiger partial charge in [-0.2, -0.15) is 0 Å². The Bertz CT molecular complexity index is 548. The van der Waals surface area contributed by atoms with E-state index in [0.29, 0.717) is 11.3 Å². The summed E-state index contributed by atoms with van der Waals surface area (Å²) in [6.07, 6.45) is 1.38. The number of ether oxygens (including phenoxy) is 1. The van der Waals surface area contributed by atoms with Crippen LogP contribution in [-0.2, 0) is 14.3 Å². The van der Waals surface area contributed by atoms with E-state index in [1.54, 1.807) is 24.3 Å². The molecular formula is C13H14N2O5. The maximum atomic E-state index is 11.4. The Hall–Kier alpha value is -2.70. The topological polar surface area (TPSA) is 98.5 Å². The maximum Gasteiger partial charge on any atom is 0.340 e. The molecule has 1 amide bonds. The molecule has 0 aliphatic carbocycles. The van der Waals surface area contributed by atoms with Gasteiger partial charge in [0.1, 0.15) is 5.57 Å². The summed E-state index contributed by atoms with van der Waals surface area (Å²) in [5.41, 5.74) is 1.15. The summed E-state index contributed by atoms with van der Waals surface area (Å²) in [5.74, 6) is -0.940. The van der Waals surface area contributed by atoms with Gasteiger partial charge >= 0.3 is 5.97 Å². The van der Waals surface area contributed by atoms with Gasteiger partial charge in [0, 0.05) is 17.5 Å². The van der Waals surface area contributed by atoms with E-state index < -0.39 is 17.4 Å². The van der Waals surface area contributed by atoms with E-state index in [0.717, 1.165) is 7.11 Å². The molecule has 0 heterocycles. The van der Waals surface area contributed by atoms with Crippen molar-refractivity contribution in [2.45, 2.75) is 6.92 Å². The summed E-state index contributed by atoms with van der Waals surface area (Å²) in [6.45, 7) is 0.778. The Morgan fingerprint density at radius 2 is 1.95 bits per heavy atom. The fourth-order valence-electron chi connectivity index (χ4n) is 1.51. The Labute approximate surface area is 115 Å². The summed E-state index contributed by atoms with van der Waals surface area (Å²) in [7, 11) is 1.16. The molecule has 20 heavy (non-hydrogen) atoms. The number of hydrogen-bond acceptors (Lipinski definition) is 5. The first-order valence-corrected chi connectivity index (χ1v) is 5.70. The third kappa shape index (κ3) is 4.89. The first kappa shape index (κ1) is 15.4. The van der Waals surface area contributed by atoms with Crippen molar-refractivity contribution in [2.24, 2.45) is 0 Å². The molecule has 1 rings (SSSR count). The average Bonchev–Trinajstić information content (AvgIpc) is 2.38. The zero-order valence-electron chi connectivity index (χ0n) is 11.1. The number of hydrogen-bond donors (Lipinski definition) is 1. The largest absolute Gasteiger partial charge is 0.465 e. The molecule has 7 heteroatoms. The minimum atomic E-state index is -0.743. The normalized spacial score (nSPS) is 10.8. The van der Waals surface area contributed by atoms with Crippen molar-refractivity contribution in [3.8, 4) is 0 Å². The van der Waals surface area contributed by atoms with E-state index in [9.17, 15) is 19.7 Å². The zero-order chi connectivity index (χ0) is 15.1. The van der Waals surface area contributed by atoms with Crippen LogP contribution in [0.3, 0.4) is 0 Å². The van der Waals surface area contributed by atoms with Crippen LogP contribution < -0.4 is 5.32 Å². The van der Waals surface area contributed by atoms with E-state index in [-0.39, 0.29) is 11.5 Å². The van der Waals surface area contributed by atoms with Crippen LogP contribution >= 0.6 is 0 Å². The van der Waals surface area contributed by atoms with Crippen molar-refractivity contribution >= 4 is 23.6 Å². The second kappa shape index (κ2) is 7.03. The van der Waals surface area contributed by atoms with E-state index in [1.807, 2.05) is 0 Å². The number of rotatable bonds is 5. The third-order valence-corrected chi connectivity index (χ3v) is 2.32. The molecule has 0 bridgehead atoms. The van der Waals surface area contributed by atoms with Crippen molar-refractivity contribution in [1.82, 2.24) is 0 Å². The summed E-state index contributed by atoms with van der Waals surface area (Å²) in [6, 6.07) is 6.53. The predicted octanol–water partition coefficient (Wildman–Crippen LogP) is 1.48. The molecule has 1 aromatic carbocycles. The molecule has 0 fully saturated rings. The van der Waals surface area contributed by atoms with Crippen LogP contribution in [-0.4, -0.2) is 30.5 Å². The van der Waals surface area contributed by atoms with Crippen molar-refractivity contribution in [1.29, 1.82) is 0 Å². The lowest BCUT2D eigenvalue weighted by molar-refractivity contribution is -0.470. The predicted molar refractivity (Wildman–Crippen MR) is 72.6 cm³/mol. The molecule has 1 N–H and O–H groups in total. The van der Waals surface area contributed by atoms with Gasteiger partial charge in [-0.05, 0) is 23.8 Å². The van der Waals surface area contributed by atoms with E-state index in [4.69, 9.17) is 0 Å². The van der Waals surface area contributed by atoms with Crippen LogP contribution in [0.2, 0.25) is 0 Å². The molecule has 0 spiro atoms. The molecular weight excluding hydrogens is 264 g/mol. The second-order valence-electron chi connectivity index (χ2n) is 3.96. The quantitative estimate of drug-likeness (QED) is 0.380.